The van der Waals surface area contributed by atoms with Gasteiger partial charge in [0, 0.05) is 12.1 Å². The Kier molecular flexibility index (Phi) is 8.90. The fourth-order valence-corrected chi connectivity index (χ4v) is 3.58. The van der Waals surface area contributed by atoms with Crippen LogP contribution in [-0.2, 0) is 29.5 Å². The maximum absolute atomic E-state index is 11.9. The minimum absolute atomic E-state index is 0.0475. The lowest BCUT2D eigenvalue weighted by atomic mass is 9.77. The molecule has 3 N–H and O–H groups in total. The molecule has 152 valence electrons. The highest BCUT2D eigenvalue weighted by atomic mass is 32.3. The fourth-order valence-electron chi connectivity index (χ4n) is 3.58. The molecule has 10 nitrogen and oxygen atoms in total. The summed E-state index contributed by atoms with van der Waals surface area (Å²) in [7, 11) is -4.67. The number of rotatable bonds is 5. The van der Waals surface area contributed by atoms with Crippen molar-refractivity contribution in [1.82, 2.24) is 4.90 Å². The third-order valence-electron chi connectivity index (χ3n) is 4.38. The summed E-state index contributed by atoms with van der Waals surface area (Å²) in [6.45, 7) is 4.59. The molecular formula is C15H27NO9S. The van der Waals surface area contributed by atoms with Crippen LogP contribution in [0, 0.1) is 5.92 Å². The maximum atomic E-state index is 11.9. The van der Waals surface area contributed by atoms with Crippen molar-refractivity contribution in [3.63, 3.8) is 0 Å². The third kappa shape index (κ3) is 7.96. The zero-order chi connectivity index (χ0) is 19.9. The van der Waals surface area contributed by atoms with Crippen molar-refractivity contribution in [3.05, 3.63) is 0 Å². The molecule has 2 saturated heterocycles. The van der Waals surface area contributed by atoms with Crippen LogP contribution in [0.15, 0.2) is 0 Å². The van der Waals surface area contributed by atoms with E-state index < -0.39 is 10.4 Å². The molecule has 0 aromatic rings. The van der Waals surface area contributed by atoms with Crippen LogP contribution in [0.5, 0.6) is 0 Å². The molecule has 2 rings (SSSR count). The molecule has 0 aromatic carbocycles. The molecule has 0 aromatic heterocycles. The quantitative estimate of drug-likeness (QED) is 0.429. The number of ether oxygens (including phenoxy) is 2. The van der Waals surface area contributed by atoms with Gasteiger partial charge in [-0.25, -0.2) is 0 Å². The summed E-state index contributed by atoms with van der Waals surface area (Å²) < 4.78 is 41.7. The number of aliphatic hydroxyl groups is 1. The molecule has 0 radical (unpaired) electrons. The second-order valence-electron chi connectivity index (χ2n) is 6.28. The van der Waals surface area contributed by atoms with Gasteiger partial charge < -0.3 is 14.6 Å². The van der Waals surface area contributed by atoms with Gasteiger partial charge in [0.05, 0.1) is 31.8 Å². The molecule has 2 bridgehead atoms. The Bertz CT molecular complexity index is 556. The fraction of sp³-hybridized carbons (Fsp3) is 0.867. The van der Waals surface area contributed by atoms with E-state index in [1.807, 2.05) is 0 Å². The summed E-state index contributed by atoms with van der Waals surface area (Å²) in [5.74, 6) is -0.510. The van der Waals surface area contributed by atoms with Crippen LogP contribution in [-0.4, -0.2) is 77.4 Å². The van der Waals surface area contributed by atoms with E-state index in [0.29, 0.717) is 38.9 Å². The number of aliphatic hydroxyl groups excluding tert-OH is 1. The standard InChI is InChI=1S/C15H25NO5.H2O4S/c1-3-20-14(18)9-16-11-5-10(15(19)21-4-2)6-12(16)8-13(17)7-11;1-5(2,3)4/h10-13,17H,3-9H2,1-2H3;(H2,1,2,3,4). The van der Waals surface area contributed by atoms with Crippen LogP contribution in [0.25, 0.3) is 0 Å². The van der Waals surface area contributed by atoms with Gasteiger partial charge in [-0.15, -0.1) is 0 Å². The third-order valence-corrected chi connectivity index (χ3v) is 4.38. The van der Waals surface area contributed by atoms with Gasteiger partial charge >= 0.3 is 22.3 Å². The molecule has 2 aliphatic heterocycles. The van der Waals surface area contributed by atoms with Crippen molar-refractivity contribution in [2.24, 2.45) is 5.92 Å². The molecular weight excluding hydrogens is 370 g/mol. The first-order chi connectivity index (χ1) is 12.0. The van der Waals surface area contributed by atoms with Crippen molar-refractivity contribution in [2.45, 2.75) is 57.7 Å². The molecule has 0 saturated carbocycles. The summed E-state index contributed by atoms with van der Waals surface area (Å²) in [6.07, 6.45) is 2.15. The van der Waals surface area contributed by atoms with Gasteiger partial charge in [-0.05, 0) is 39.5 Å². The smallest absolute Gasteiger partial charge is 0.394 e. The highest BCUT2D eigenvalue weighted by Gasteiger charge is 2.44. The largest absolute Gasteiger partial charge is 0.466 e. The number of carbonyl (C=O) groups excluding carboxylic acids is 2. The van der Waals surface area contributed by atoms with Gasteiger partial charge in [0.15, 0.2) is 0 Å². The van der Waals surface area contributed by atoms with E-state index in [9.17, 15) is 14.7 Å². The molecule has 2 aliphatic rings. The van der Waals surface area contributed by atoms with Crippen molar-refractivity contribution >= 4 is 22.3 Å². The summed E-state index contributed by atoms with van der Waals surface area (Å²) in [4.78, 5) is 25.8. The Hall–Kier alpha value is -1.27. The van der Waals surface area contributed by atoms with Gasteiger partial charge in [-0.2, -0.15) is 8.42 Å². The van der Waals surface area contributed by atoms with Crippen molar-refractivity contribution < 1.29 is 41.7 Å². The number of hydrogen-bond donors (Lipinski definition) is 3. The lowest BCUT2D eigenvalue weighted by Crippen LogP contribution is -2.57. The topological polar surface area (TPSA) is 151 Å². The average molecular weight is 397 g/mol. The Morgan fingerprint density at radius 2 is 1.46 bits per heavy atom. The van der Waals surface area contributed by atoms with Crippen LogP contribution in [0.4, 0.5) is 0 Å². The Labute approximate surface area is 153 Å². The van der Waals surface area contributed by atoms with Crippen LogP contribution in [0.2, 0.25) is 0 Å². The lowest BCUT2D eigenvalue weighted by molar-refractivity contribution is -0.157. The van der Waals surface area contributed by atoms with Crippen molar-refractivity contribution in [2.75, 3.05) is 19.8 Å². The summed E-state index contributed by atoms with van der Waals surface area (Å²) >= 11 is 0. The summed E-state index contributed by atoms with van der Waals surface area (Å²) in [6, 6.07) is 0.0950. The molecule has 2 fully saturated rings. The van der Waals surface area contributed by atoms with Gasteiger partial charge in [0.2, 0.25) is 0 Å². The molecule has 0 spiro atoms. The molecule has 2 atom stereocenters. The summed E-state index contributed by atoms with van der Waals surface area (Å²) in [5.41, 5.74) is 0. The first kappa shape index (κ1) is 22.8. The van der Waals surface area contributed by atoms with Crippen molar-refractivity contribution in [1.29, 1.82) is 0 Å². The van der Waals surface area contributed by atoms with Crippen LogP contribution >= 0.6 is 0 Å². The summed E-state index contributed by atoms with van der Waals surface area (Å²) in [5, 5.41) is 9.94. The minimum atomic E-state index is -4.67. The number of piperidine rings is 2. The maximum Gasteiger partial charge on any atom is 0.394 e. The molecule has 2 unspecified atom stereocenters. The zero-order valence-corrected chi connectivity index (χ0v) is 15.7. The van der Waals surface area contributed by atoms with Gasteiger partial charge in [0.1, 0.15) is 0 Å². The zero-order valence-electron chi connectivity index (χ0n) is 14.9. The molecule has 0 aliphatic carbocycles. The van der Waals surface area contributed by atoms with E-state index in [0.717, 1.165) is 0 Å². The second kappa shape index (κ2) is 10.2. The van der Waals surface area contributed by atoms with E-state index in [4.69, 9.17) is 27.0 Å². The first-order valence-corrected chi connectivity index (χ1v) is 9.90. The number of esters is 2. The van der Waals surface area contributed by atoms with E-state index >= 15 is 0 Å². The van der Waals surface area contributed by atoms with E-state index in [2.05, 4.69) is 4.90 Å². The Morgan fingerprint density at radius 3 is 1.88 bits per heavy atom. The van der Waals surface area contributed by atoms with Crippen LogP contribution < -0.4 is 0 Å². The van der Waals surface area contributed by atoms with E-state index in [1.165, 1.54) is 0 Å². The average Bonchev–Trinajstić information content (AvgIpc) is 2.46. The monoisotopic (exact) mass is 397 g/mol. The number of hydrogen-bond acceptors (Lipinski definition) is 8. The SMILES string of the molecule is CCOC(=O)CN1C2CC(O)CC1CC(C(=O)OCC)C2.O=S(=O)(O)O. The predicted octanol–water partition coefficient (Wildman–Crippen LogP) is 0.0637. The Morgan fingerprint density at radius 1 is 1.00 bits per heavy atom. The number of fused-ring (bicyclic) bond motifs is 2. The lowest BCUT2D eigenvalue weighted by Gasteiger charge is -2.49. The predicted molar refractivity (Wildman–Crippen MR) is 89.7 cm³/mol. The Balaban J connectivity index is 0.000000597. The van der Waals surface area contributed by atoms with Crippen molar-refractivity contribution in [3.8, 4) is 0 Å². The molecule has 0 amide bonds. The molecule has 26 heavy (non-hydrogen) atoms. The van der Waals surface area contributed by atoms with Crippen LogP contribution in [0.1, 0.15) is 39.5 Å². The molecule has 11 heteroatoms. The first-order valence-electron chi connectivity index (χ1n) is 8.51. The second-order valence-corrected chi connectivity index (χ2v) is 7.17. The molecule has 2 heterocycles. The van der Waals surface area contributed by atoms with Crippen LogP contribution in [0.3, 0.4) is 0 Å². The van der Waals surface area contributed by atoms with Gasteiger partial charge in [0.25, 0.3) is 0 Å². The van der Waals surface area contributed by atoms with E-state index in [1.54, 1.807) is 13.8 Å². The number of carbonyl (C=O) groups is 2. The minimum Gasteiger partial charge on any atom is -0.466 e. The highest BCUT2D eigenvalue weighted by molar-refractivity contribution is 7.79. The van der Waals surface area contributed by atoms with E-state index in [-0.39, 0.29) is 42.6 Å². The van der Waals surface area contributed by atoms with Gasteiger partial charge in [-0.1, -0.05) is 0 Å². The van der Waals surface area contributed by atoms with Gasteiger partial charge in [-0.3, -0.25) is 23.6 Å². The normalized spacial score (nSPS) is 28.5. The highest BCUT2D eigenvalue weighted by Crippen LogP contribution is 2.37. The number of nitrogens with zero attached hydrogens (tertiary/aromatic N) is 1.